The van der Waals surface area contributed by atoms with Gasteiger partial charge in [0, 0.05) is 18.8 Å². The van der Waals surface area contributed by atoms with E-state index in [2.05, 4.69) is 15.6 Å². The summed E-state index contributed by atoms with van der Waals surface area (Å²) < 4.78 is 4.97. The van der Waals surface area contributed by atoms with Crippen LogP contribution < -0.4 is 16.2 Å². The molecule has 3 aromatic rings. The van der Waals surface area contributed by atoms with Gasteiger partial charge in [-0.25, -0.2) is 0 Å². The quantitative estimate of drug-likeness (QED) is 0.582. The second-order valence-electron chi connectivity index (χ2n) is 5.97. The fraction of sp³-hybridized carbons (Fsp3) is 0.150. The van der Waals surface area contributed by atoms with Crippen LogP contribution >= 0.6 is 0 Å². The molecule has 2 aromatic heterocycles. The Balaban J connectivity index is 1.57. The van der Waals surface area contributed by atoms with Gasteiger partial charge in [0.05, 0.1) is 6.26 Å². The summed E-state index contributed by atoms with van der Waals surface area (Å²) in [6, 6.07) is 14.1. The summed E-state index contributed by atoms with van der Waals surface area (Å²) in [6.45, 7) is 2.36. The number of aromatic nitrogens is 1. The zero-order valence-corrected chi connectivity index (χ0v) is 14.7. The Bertz CT molecular complexity index is 1010. The molecule has 0 saturated carbocycles. The predicted octanol–water partition coefficient (Wildman–Crippen LogP) is 2.10. The molecule has 7 heteroatoms. The number of H-pyrrole nitrogens is 1. The van der Waals surface area contributed by atoms with Crippen LogP contribution in [0.15, 0.2) is 64.0 Å². The number of hydrogen-bond donors (Lipinski definition) is 3. The lowest BCUT2D eigenvalue weighted by Gasteiger charge is -2.07. The minimum absolute atomic E-state index is 0.0174. The highest BCUT2D eigenvalue weighted by Crippen LogP contribution is 2.16. The van der Waals surface area contributed by atoms with Crippen molar-refractivity contribution in [2.45, 2.75) is 6.92 Å². The first kappa shape index (κ1) is 18.2. The average Bonchev–Trinajstić information content (AvgIpc) is 3.19. The standard InChI is InChI=1S/C20H19N3O4/c1-13-4-2-5-14(12-13)16-8-7-15(19(25)23-16)18(24)21-9-10-22-20(26)17-6-3-11-27-17/h2-8,11-12H,9-10H2,1H3,(H,21,24)(H,22,26)(H,23,25). The number of rotatable bonds is 6. The molecule has 0 atom stereocenters. The number of pyridine rings is 1. The Morgan fingerprint density at radius 1 is 1.00 bits per heavy atom. The maximum absolute atomic E-state index is 12.2. The maximum Gasteiger partial charge on any atom is 0.287 e. The van der Waals surface area contributed by atoms with Crippen LogP contribution in [0.2, 0.25) is 0 Å². The lowest BCUT2D eigenvalue weighted by atomic mass is 10.1. The zero-order chi connectivity index (χ0) is 19.2. The lowest BCUT2D eigenvalue weighted by Crippen LogP contribution is -2.36. The van der Waals surface area contributed by atoms with E-state index in [1.54, 1.807) is 18.2 Å². The van der Waals surface area contributed by atoms with E-state index in [-0.39, 0.29) is 30.3 Å². The monoisotopic (exact) mass is 365 g/mol. The molecule has 0 aliphatic heterocycles. The topological polar surface area (TPSA) is 104 Å². The van der Waals surface area contributed by atoms with Crippen molar-refractivity contribution in [1.82, 2.24) is 15.6 Å². The van der Waals surface area contributed by atoms with E-state index >= 15 is 0 Å². The van der Waals surface area contributed by atoms with Crippen LogP contribution in [-0.2, 0) is 0 Å². The van der Waals surface area contributed by atoms with Crippen LogP contribution in [0, 0.1) is 6.92 Å². The highest BCUT2D eigenvalue weighted by molar-refractivity contribution is 5.94. The minimum Gasteiger partial charge on any atom is -0.459 e. The van der Waals surface area contributed by atoms with Crippen molar-refractivity contribution in [3.63, 3.8) is 0 Å². The molecule has 0 saturated heterocycles. The van der Waals surface area contributed by atoms with E-state index in [0.29, 0.717) is 5.69 Å². The van der Waals surface area contributed by atoms with Gasteiger partial charge in [-0.1, -0.05) is 23.8 Å². The molecular weight excluding hydrogens is 346 g/mol. The second-order valence-corrected chi connectivity index (χ2v) is 5.97. The van der Waals surface area contributed by atoms with Crippen LogP contribution in [0.25, 0.3) is 11.3 Å². The fourth-order valence-electron chi connectivity index (χ4n) is 2.58. The molecule has 0 aliphatic rings. The normalized spacial score (nSPS) is 10.4. The average molecular weight is 365 g/mol. The number of carbonyl (C=O) groups is 2. The molecular formula is C20H19N3O4. The largest absolute Gasteiger partial charge is 0.459 e. The Kier molecular flexibility index (Phi) is 5.51. The molecule has 0 bridgehead atoms. The van der Waals surface area contributed by atoms with Gasteiger partial charge in [0.25, 0.3) is 17.4 Å². The third kappa shape index (κ3) is 4.52. The summed E-state index contributed by atoms with van der Waals surface area (Å²) in [6.07, 6.45) is 1.41. The molecule has 0 fully saturated rings. The molecule has 7 nitrogen and oxygen atoms in total. The molecule has 138 valence electrons. The van der Waals surface area contributed by atoms with Crippen molar-refractivity contribution < 1.29 is 14.0 Å². The van der Waals surface area contributed by atoms with Crippen LogP contribution in [0.5, 0.6) is 0 Å². The first-order valence-corrected chi connectivity index (χ1v) is 8.45. The van der Waals surface area contributed by atoms with Crippen molar-refractivity contribution in [2.75, 3.05) is 13.1 Å². The number of amides is 2. The SMILES string of the molecule is Cc1cccc(-c2ccc(C(=O)NCCNC(=O)c3ccco3)c(=O)[nH]2)c1. The number of aromatic amines is 1. The van der Waals surface area contributed by atoms with E-state index in [1.165, 1.54) is 12.3 Å². The smallest absolute Gasteiger partial charge is 0.287 e. The molecule has 0 unspecified atom stereocenters. The molecule has 1 aromatic carbocycles. The van der Waals surface area contributed by atoms with E-state index in [4.69, 9.17) is 4.42 Å². The van der Waals surface area contributed by atoms with E-state index in [0.717, 1.165) is 11.1 Å². The van der Waals surface area contributed by atoms with Gasteiger partial charge < -0.3 is 20.0 Å². The maximum atomic E-state index is 12.2. The molecule has 3 rings (SSSR count). The molecule has 2 heterocycles. The molecule has 0 spiro atoms. The van der Waals surface area contributed by atoms with Crippen LogP contribution in [0.1, 0.15) is 26.5 Å². The van der Waals surface area contributed by atoms with Gasteiger partial charge in [-0.3, -0.25) is 14.4 Å². The summed E-state index contributed by atoms with van der Waals surface area (Å²) >= 11 is 0. The van der Waals surface area contributed by atoms with Crippen molar-refractivity contribution in [1.29, 1.82) is 0 Å². The van der Waals surface area contributed by atoms with Crippen molar-refractivity contribution >= 4 is 11.8 Å². The Hall–Kier alpha value is -3.61. The number of hydrogen-bond acceptors (Lipinski definition) is 4. The highest BCUT2D eigenvalue weighted by atomic mass is 16.3. The minimum atomic E-state index is -0.501. The number of nitrogens with one attached hydrogen (secondary N) is 3. The van der Waals surface area contributed by atoms with Gasteiger partial charge in [0.15, 0.2) is 5.76 Å². The number of furan rings is 1. The Labute approximate surface area is 155 Å². The van der Waals surface area contributed by atoms with E-state index in [9.17, 15) is 14.4 Å². The lowest BCUT2D eigenvalue weighted by molar-refractivity contribution is 0.0910. The fourth-order valence-corrected chi connectivity index (χ4v) is 2.58. The predicted molar refractivity (Wildman–Crippen MR) is 101 cm³/mol. The summed E-state index contributed by atoms with van der Waals surface area (Å²) in [5.41, 5.74) is 2.15. The van der Waals surface area contributed by atoms with E-state index < -0.39 is 11.5 Å². The van der Waals surface area contributed by atoms with Crippen LogP contribution in [0.3, 0.4) is 0 Å². The summed E-state index contributed by atoms with van der Waals surface area (Å²) in [5.74, 6) is -0.668. The van der Waals surface area contributed by atoms with Gasteiger partial charge in [-0.2, -0.15) is 0 Å². The molecule has 3 N–H and O–H groups in total. The number of carbonyl (C=O) groups excluding carboxylic acids is 2. The van der Waals surface area contributed by atoms with E-state index in [1.807, 2.05) is 31.2 Å². The third-order valence-electron chi connectivity index (χ3n) is 3.92. The Morgan fingerprint density at radius 3 is 2.44 bits per heavy atom. The van der Waals surface area contributed by atoms with Crippen LogP contribution in [0.4, 0.5) is 0 Å². The summed E-state index contributed by atoms with van der Waals surface area (Å²) in [4.78, 5) is 38.8. The van der Waals surface area contributed by atoms with Crippen molar-refractivity contribution in [3.05, 3.63) is 82.0 Å². The summed E-state index contributed by atoms with van der Waals surface area (Å²) in [5, 5.41) is 5.21. The van der Waals surface area contributed by atoms with Gasteiger partial charge in [-0.15, -0.1) is 0 Å². The highest BCUT2D eigenvalue weighted by Gasteiger charge is 2.12. The van der Waals surface area contributed by atoms with Crippen LogP contribution in [-0.4, -0.2) is 29.9 Å². The third-order valence-corrected chi connectivity index (χ3v) is 3.92. The van der Waals surface area contributed by atoms with Gasteiger partial charge in [0.1, 0.15) is 5.56 Å². The first-order valence-electron chi connectivity index (χ1n) is 8.45. The van der Waals surface area contributed by atoms with Crippen molar-refractivity contribution in [2.24, 2.45) is 0 Å². The summed E-state index contributed by atoms with van der Waals surface area (Å²) in [7, 11) is 0. The molecule has 0 aliphatic carbocycles. The Morgan fingerprint density at radius 2 is 1.78 bits per heavy atom. The number of aryl methyl sites for hydroxylation is 1. The zero-order valence-electron chi connectivity index (χ0n) is 14.7. The first-order chi connectivity index (χ1) is 13.0. The second kappa shape index (κ2) is 8.18. The molecule has 2 amide bonds. The van der Waals surface area contributed by atoms with Gasteiger partial charge in [-0.05, 0) is 42.8 Å². The van der Waals surface area contributed by atoms with Gasteiger partial charge >= 0.3 is 0 Å². The molecule has 27 heavy (non-hydrogen) atoms. The van der Waals surface area contributed by atoms with Gasteiger partial charge in [0.2, 0.25) is 0 Å². The van der Waals surface area contributed by atoms with Crippen molar-refractivity contribution in [3.8, 4) is 11.3 Å². The number of benzene rings is 1. The molecule has 0 radical (unpaired) electrons.